The molecule has 1 N–H and O–H groups in total. The first-order valence-corrected chi connectivity index (χ1v) is 11.4. The summed E-state index contributed by atoms with van der Waals surface area (Å²) in [5.74, 6) is -0.206. The zero-order valence-electron chi connectivity index (χ0n) is 18.2. The van der Waals surface area contributed by atoms with Gasteiger partial charge in [0.2, 0.25) is 5.91 Å². The van der Waals surface area contributed by atoms with Crippen LogP contribution in [0.3, 0.4) is 0 Å². The van der Waals surface area contributed by atoms with Crippen molar-refractivity contribution in [3.63, 3.8) is 0 Å². The molecule has 1 heterocycles. The van der Waals surface area contributed by atoms with E-state index in [1.165, 1.54) is 12.1 Å². The van der Waals surface area contributed by atoms with Gasteiger partial charge in [-0.25, -0.2) is 4.39 Å². The minimum atomic E-state index is -0.247. The summed E-state index contributed by atoms with van der Waals surface area (Å²) in [5.41, 5.74) is 3.19. The minimum Gasteiger partial charge on any atom is -0.349 e. The molecular weight excluding hydrogens is 423 g/mol. The number of nitrogens with zero attached hydrogens (tertiary/aromatic N) is 1. The van der Waals surface area contributed by atoms with Gasteiger partial charge in [-0.1, -0.05) is 72.3 Å². The van der Waals surface area contributed by atoms with Crippen LogP contribution in [0.4, 0.5) is 4.39 Å². The molecule has 3 aromatic rings. The predicted octanol–water partition coefficient (Wildman–Crippen LogP) is 5.96. The molecule has 1 aliphatic heterocycles. The molecule has 166 valence electrons. The zero-order chi connectivity index (χ0) is 22.5. The molecule has 0 saturated carbocycles. The third-order valence-electron chi connectivity index (χ3n) is 6.25. The third-order valence-corrected chi connectivity index (χ3v) is 6.62. The molecule has 1 fully saturated rings. The van der Waals surface area contributed by atoms with E-state index in [-0.39, 0.29) is 29.6 Å². The summed E-state index contributed by atoms with van der Waals surface area (Å²) in [5, 5.41) is 3.92. The summed E-state index contributed by atoms with van der Waals surface area (Å²) >= 11 is 6.40. The molecule has 3 atom stereocenters. The fraction of sp³-hybridized carbons (Fsp3) is 0.296. The molecule has 3 aromatic carbocycles. The molecule has 1 amide bonds. The van der Waals surface area contributed by atoms with Crippen molar-refractivity contribution in [2.75, 3.05) is 13.1 Å². The molecule has 0 aliphatic carbocycles. The van der Waals surface area contributed by atoms with E-state index in [4.69, 9.17) is 11.6 Å². The molecule has 32 heavy (non-hydrogen) atoms. The van der Waals surface area contributed by atoms with E-state index in [2.05, 4.69) is 10.2 Å². The van der Waals surface area contributed by atoms with Gasteiger partial charge in [0, 0.05) is 24.7 Å². The highest BCUT2D eigenvalue weighted by Crippen LogP contribution is 2.32. The lowest BCUT2D eigenvalue weighted by Gasteiger charge is -2.38. The largest absolute Gasteiger partial charge is 0.349 e. The van der Waals surface area contributed by atoms with Crippen molar-refractivity contribution >= 4 is 17.5 Å². The van der Waals surface area contributed by atoms with Crippen molar-refractivity contribution in [3.05, 3.63) is 106 Å². The van der Waals surface area contributed by atoms with Gasteiger partial charge in [0.05, 0.1) is 12.0 Å². The lowest BCUT2D eigenvalue weighted by Crippen LogP contribution is -2.45. The Hall–Kier alpha value is -2.69. The Morgan fingerprint density at radius 2 is 1.72 bits per heavy atom. The van der Waals surface area contributed by atoms with Crippen LogP contribution in [0.1, 0.15) is 42.0 Å². The second kappa shape index (κ2) is 10.3. The molecule has 0 aromatic heterocycles. The molecule has 3 nitrogen and oxygen atoms in total. The minimum absolute atomic E-state index is 0.0531. The van der Waals surface area contributed by atoms with Crippen molar-refractivity contribution in [3.8, 4) is 0 Å². The maximum absolute atomic E-state index is 13.5. The predicted molar refractivity (Wildman–Crippen MR) is 127 cm³/mol. The highest BCUT2D eigenvalue weighted by Gasteiger charge is 2.33. The van der Waals surface area contributed by atoms with E-state index >= 15 is 0 Å². The van der Waals surface area contributed by atoms with E-state index in [0.29, 0.717) is 13.1 Å². The van der Waals surface area contributed by atoms with Crippen molar-refractivity contribution in [1.29, 1.82) is 0 Å². The quantitative estimate of drug-likeness (QED) is 0.502. The summed E-state index contributed by atoms with van der Waals surface area (Å²) in [6.07, 6.45) is 0.734. The Labute approximate surface area is 194 Å². The fourth-order valence-electron chi connectivity index (χ4n) is 4.51. The van der Waals surface area contributed by atoms with Crippen LogP contribution in [-0.2, 0) is 11.3 Å². The molecule has 0 bridgehead atoms. The van der Waals surface area contributed by atoms with Crippen LogP contribution in [0.2, 0.25) is 5.02 Å². The topological polar surface area (TPSA) is 32.3 Å². The molecule has 1 saturated heterocycles. The van der Waals surface area contributed by atoms with Crippen LogP contribution in [-0.4, -0.2) is 23.9 Å². The molecule has 4 rings (SSSR count). The number of carbonyl (C=O) groups excluding carboxylic acids is 1. The van der Waals surface area contributed by atoms with Gasteiger partial charge >= 0.3 is 0 Å². The maximum atomic E-state index is 13.5. The van der Waals surface area contributed by atoms with Gasteiger partial charge in [0.25, 0.3) is 0 Å². The first-order valence-electron chi connectivity index (χ1n) is 11.1. The maximum Gasteiger partial charge on any atom is 0.224 e. The van der Waals surface area contributed by atoms with E-state index in [9.17, 15) is 9.18 Å². The van der Waals surface area contributed by atoms with Gasteiger partial charge in [-0.15, -0.1) is 0 Å². The highest BCUT2D eigenvalue weighted by atomic mass is 35.5. The van der Waals surface area contributed by atoms with Crippen LogP contribution in [0.15, 0.2) is 78.9 Å². The Kier molecular flexibility index (Phi) is 7.23. The molecular formula is C27H28ClFN2O. The number of likely N-dealkylation sites (tertiary alicyclic amines) is 1. The van der Waals surface area contributed by atoms with Crippen LogP contribution in [0.25, 0.3) is 0 Å². The lowest BCUT2D eigenvalue weighted by atomic mass is 9.83. The van der Waals surface area contributed by atoms with Crippen LogP contribution in [0.5, 0.6) is 0 Å². The van der Waals surface area contributed by atoms with Crippen LogP contribution >= 0.6 is 11.6 Å². The number of piperidine rings is 1. The Balaban J connectivity index is 1.52. The number of hydrogen-bond acceptors (Lipinski definition) is 2. The van der Waals surface area contributed by atoms with Gasteiger partial charge in [-0.2, -0.15) is 0 Å². The van der Waals surface area contributed by atoms with Crippen molar-refractivity contribution < 1.29 is 9.18 Å². The van der Waals surface area contributed by atoms with Gasteiger partial charge in [-0.05, 0) is 54.2 Å². The number of carbonyl (C=O) groups is 1. The van der Waals surface area contributed by atoms with Crippen molar-refractivity contribution in [2.45, 2.75) is 31.8 Å². The Morgan fingerprint density at radius 1 is 1.03 bits per heavy atom. The number of nitrogens with one attached hydrogen (secondary N) is 1. The van der Waals surface area contributed by atoms with E-state index < -0.39 is 0 Å². The number of benzene rings is 3. The second-order valence-electron chi connectivity index (χ2n) is 8.61. The summed E-state index contributed by atoms with van der Waals surface area (Å²) in [7, 11) is 0. The van der Waals surface area contributed by atoms with Gasteiger partial charge in [0.1, 0.15) is 5.82 Å². The van der Waals surface area contributed by atoms with Gasteiger partial charge < -0.3 is 5.32 Å². The lowest BCUT2D eigenvalue weighted by molar-refractivity contribution is -0.127. The van der Waals surface area contributed by atoms with E-state index in [1.54, 1.807) is 0 Å². The van der Waals surface area contributed by atoms with Gasteiger partial charge in [0.15, 0.2) is 0 Å². The standard InChI is InChI=1S/C27H28ClFN2O/c1-19(20-7-3-2-4-8-20)30-27(32)24-15-23(21-11-13-25(29)14-12-21)17-31(18-24)16-22-9-5-6-10-26(22)28/h2-14,19,23-24H,15-18H2,1H3,(H,30,32)/t19-,23+,24+/m0/s1. The number of amides is 1. The summed E-state index contributed by atoms with van der Waals surface area (Å²) < 4.78 is 13.5. The SMILES string of the molecule is C[C@H](NC(=O)[C@@H]1C[C@@H](c2ccc(F)cc2)CN(Cc2ccccc2Cl)C1)c1ccccc1. The average molecular weight is 451 g/mol. The molecule has 1 aliphatic rings. The molecule has 0 radical (unpaired) electrons. The summed E-state index contributed by atoms with van der Waals surface area (Å²) in [6, 6.07) is 24.4. The molecule has 0 spiro atoms. The third kappa shape index (κ3) is 5.56. The number of halogens is 2. The normalized spacial score (nSPS) is 20.0. The highest BCUT2D eigenvalue weighted by molar-refractivity contribution is 6.31. The van der Waals surface area contributed by atoms with E-state index in [0.717, 1.165) is 34.7 Å². The summed E-state index contributed by atoms with van der Waals surface area (Å²) in [4.78, 5) is 15.5. The Bertz CT molecular complexity index is 1040. The number of hydrogen-bond donors (Lipinski definition) is 1. The zero-order valence-corrected chi connectivity index (χ0v) is 18.9. The van der Waals surface area contributed by atoms with Crippen molar-refractivity contribution in [1.82, 2.24) is 10.2 Å². The van der Waals surface area contributed by atoms with Crippen LogP contribution in [0, 0.1) is 11.7 Å². The monoisotopic (exact) mass is 450 g/mol. The van der Waals surface area contributed by atoms with Crippen molar-refractivity contribution in [2.24, 2.45) is 5.92 Å². The molecule has 5 heteroatoms. The fourth-order valence-corrected chi connectivity index (χ4v) is 4.71. The number of rotatable bonds is 6. The van der Waals surface area contributed by atoms with Gasteiger partial charge in [-0.3, -0.25) is 9.69 Å². The molecule has 0 unspecified atom stereocenters. The second-order valence-corrected chi connectivity index (χ2v) is 9.01. The first kappa shape index (κ1) is 22.5. The Morgan fingerprint density at radius 3 is 2.44 bits per heavy atom. The van der Waals surface area contributed by atoms with E-state index in [1.807, 2.05) is 73.7 Å². The first-order chi connectivity index (χ1) is 15.5. The average Bonchev–Trinajstić information content (AvgIpc) is 2.81. The summed E-state index contributed by atoms with van der Waals surface area (Å²) in [6.45, 7) is 4.15. The smallest absolute Gasteiger partial charge is 0.224 e. The van der Waals surface area contributed by atoms with Crippen LogP contribution < -0.4 is 5.32 Å².